The van der Waals surface area contributed by atoms with Crippen LogP contribution in [-0.2, 0) is 0 Å². The topological polar surface area (TPSA) is 74.2 Å². The van der Waals surface area contributed by atoms with Crippen molar-refractivity contribution in [3.05, 3.63) is 58.7 Å². The lowest BCUT2D eigenvalue weighted by atomic mass is 10.0. The summed E-state index contributed by atoms with van der Waals surface area (Å²) in [6, 6.07) is 12.4. The highest BCUT2D eigenvalue weighted by molar-refractivity contribution is 6.29. The number of carbonyl (C=O) groups excluding carboxylic acids is 1. The smallest absolute Gasteiger partial charge is 0.252 e. The number of halogens is 1. The Hall–Kier alpha value is -2.11. The van der Waals surface area contributed by atoms with Crippen LogP contribution in [0.15, 0.2) is 42.5 Å². The molecule has 2 rings (SSSR count). The molecule has 5 nitrogen and oxygen atoms in total. The van der Waals surface area contributed by atoms with E-state index in [-0.39, 0.29) is 23.7 Å². The van der Waals surface area contributed by atoms with Gasteiger partial charge in [0.25, 0.3) is 5.91 Å². The van der Waals surface area contributed by atoms with E-state index < -0.39 is 0 Å². The lowest BCUT2D eigenvalue weighted by Gasteiger charge is -2.18. The molecule has 0 fully saturated rings. The number of hydrogen-bond donors (Lipinski definition) is 3. The predicted octanol–water partition coefficient (Wildman–Crippen LogP) is 2.63. The van der Waals surface area contributed by atoms with Gasteiger partial charge in [0, 0.05) is 19.2 Å². The largest absolute Gasteiger partial charge is 0.396 e. The Morgan fingerprint density at radius 2 is 2.05 bits per heavy atom. The highest BCUT2D eigenvalue weighted by Crippen LogP contribution is 2.19. The highest BCUT2D eigenvalue weighted by atomic mass is 35.5. The zero-order valence-electron chi connectivity index (χ0n) is 12.2. The second-order valence-corrected chi connectivity index (χ2v) is 5.15. The SMILES string of the molecule is CNc1cc(C(=O)NC(CCO)c2ccccc2)cc(Cl)n1. The lowest BCUT2D eigenvalue weighted by Crippen LogP contribution is -2.29. The summed E-state index contributed by atoms with van der Waals surface area (Å²) in [5, 5.41) is 15.2. The summed E-state index contributed by atoms with van der Waals surface area (Å²) in [5.74, 6) is 0.263. The zero-order valence-corrected chi connectivity index (χ0v) is 13.0. The number of hydrogen-bond acceptors (Lipinski definition) is 4. The van der Waals surface area contributed by atoms with Gasteiger partial charge in [-0.2, -0.15) is 0 Å². The number of rotatable bonds is 6. The molecule has 1 aromatic heterocycles. The van der Waals surface area contributed by atoms with Crippen molar-refractivity contribution in [1.82, 2.24) is 10.3 Å². The molecule has 116 valence electrons. The normalized spacial score (nSPS) is 11.8. The number of benzene rings is 1. The Morgan fingerprint density at radius 1 is 1.32 bits per heavy atom. The fourth-order valence-corrected chi connectivity index (χ4v) is 2.34. The van der Waals surface area contributed by atoms with E-state index in [4.69, 9.17) is 11.6 Å². The molecule has 6 heteroatoms. The van der Waals surface area contributed by atoms with Gasteiger partial charge in [-0.3, -0.25) is 4.79 Å². The maximum Gasteiger partial charge on any atom is 0.252 e. The molecule has 0 saturated carbocycles. The molecule has 1 amide bonds. The van der Waals surface area contributed by atoms with Crippen molar-refractivity contribution in [1.29, 1.82) is 0 Å². The molecule has 22 heavy (non-hydrogen) atoms. The van der Waals surface area contributed by atoms with Crippen LogP contribution in [0.3, 0.4) is 0 Å². The van der Waals surface area contributed by atoms with Gasteiger partial charge < -0.3 is 15.7 Å². The average Bonchev–Trinajstić information content (AvgIpc) is 2.54. The molecule has 0 bridgehead atoms. The third-order valence-electron chi connectivity index (χ3n) is 3.24. The van der Waals surface area contributed by atoms with E-state index in [1.54, 1.807) is 13.1 Å². The van der Waals surface area contributed by atoms with Crippen LogP contribution >= 0.6 is 11.6 Å². The third-order valence-corrected chi connectivity index (χ3v) is 3.43. The minimum absolute atomic E-state index is 0.0152. The molecule has 3 N–H and O–H groups in total. The fraction of sp³-hybridized carbons (Fsp3) is 0.250. The van der Waals surface area contributed by atoms with Gasteiger partial charge in [0.05, 0.1) is 6.04 Å². The van der Waals surface area contributed by atoms with Gasteiger partial charge in [-0.1, -0.05) is 41.9 Å². The van der Waals surface area contributed by atoms with Crippen LogP contribution in [-0.4, -0.2) is 29.7 Å². The minimum atomic E-state index is -0.261. The Balaban J connectivity index is 2.19. The molecular weight excluding hydrogens is 302 g/mol. The van der Waals surface area contributed by atoms with Crippen molar-refractivity contribution >= 4 is 23.3 Å². The number of pyridine rings is 1. The van der Waals surface area contributed by atoms with E-state index in [1.807, 2.05) is 30.3 Å². The van der Waals surface area contributed by atoms with Crippen molar-refractivity contribution in [2.24, 2.45) is 0 Å². The molecule has 1 unspecified atom stereocenters. The molecule has 0 aliphatic rings. The second-order valence-electron chi connectivity index (χ2n) is 4.76. The maximum absolute atomic E-state index is 12.4. The minimum Gasteiger partial charge on any atom is -0.396 e. The number of aliphatic hydroxyl groups is 1. The van der Waals surface area contributed by atoms with E-state index in [9.17, 15) is 9.90 Å². The monoisotopic (exact) mass is 319 g/mol. The van der Waals surface area contributed by atoms with Crippen LogP contribution in [0.5, 0.6) is 0 Å². The van der Waals surface area contributed by atoms with Crippen molar-refractivity contribution in [2.45, 2.75) is 12.5 Å². The Kier molecular flexibility index (Phi) is 5.75. The summed E-state index contributed by atoms with van der Waals surface area (Å²) in [6.07, 6.45) is 0.438. The number of aliphatic hydroxyl groups excluding tert-OH is 1. The molecule has 1 aromatic carbocycles. The Bertz CT molecular complexity index is 635. The second kappa shape index (κ2) is 7.77. The first kappa shape index (κ1) is 16.3. The first-order chi connectivity index (χ1) is 10.6. The summed E-state index contributed by atoms with van der Waals surface area (Å²) in [4.78, 5) is 16.5. The molecule has 1 heterocycles. The van der Waals surface area contributed by atoms with Gasteiger partial charge in [-0.25, -0.2) is 4.98 Å². The van der Waals surface area contributed by atoms with E-state index >= 15 is 0 Å². The number of aromatic nitrogens is 1. The van der Waals surface area contributed by atoms with Crippen LogP contribution in [0.25, 0.3) is 0 Å². The molecule has 0 saturated heterocycles. The molecule has 0 aliphatic heterocycles. The first-order valence-electron chi connectivity index (χ1n) is 6.96. The molecule has 2 aromatic rings. The van der Waals surface area contributed by atoms with Crippen LogP contribution < -0.4 is 10.6 Å². The van der Waals surface area contributed by atoms with Gasteiger partial charge in [0.15, 0.2) is 0 Å². The Labute approximate surface area is 134 Å². The van der Waals surface area contributed by atoms with Gasteiger partial charge in [0.2, 0.25) is 0 Å². The van der Waals surface area contributed by atoms with Crippen LogP contribution in [0.4, 0.5) is 5.82 Å². The Morgan fingerprint density at radius 3 is 2.68 bits per heavy atom. The highest BCUT2D eigenvalue weighted by Gasteiger charge is 2.16. The maximum atomic E-state index is 12.4. The lowest BCUT2D eigenvalue weighted by molar-refractivity contribution is 0.0930. The standard InChI is InChI=1S/C16H18ClN3O2/c1-18-15-10-12(9-14(17)20-15)16(22)19-13(7-8-21)11-5-3-2-4-6-11/h2-6,9-10,13,21H,7-8H2,1H3,(H,18,20)(H,19,22). The fourth-order valence-electron chi connectivity index (χ4n) is 2.13. The quantitative estimate of drug-likeness (QED) is 0.716. The van der Waals surface area contributed by atoms with Crippen LogP contribution in [0.2, 0.25) is 5.15 Å². The van der Waals surface area contributed by atoms with Gasteiger partial charge in [-0.05, 0) is 24.1 Å². The summed E-state index contributed by atoms with van der Waals surface area (Å²) in [5.41, 5.74) is 1.36. The molecular formula is C16H18ClN3O2. The van der Waals surface area contributed by atoms with E-state index in [0.29, 0.717) is 17.8 Å². The summed E-state index contributed by atoms with van der Waals surface area (Å²) in [6.45, 7) is -0.0152. The van der Waals surface area contributed by atoms with Crippen molar-refractivity contribution in [3.8, 4) is 0 Å². The molecule has 0 spiro atoms. The van der Waals surface area contributed by atoms with Crippen molar-refractivity contribution in [3.63, 3.8) is 0 Å². The summed E-state index contributed by atoms with van der Waals surface area (Å²) in [7, 11) is 1.71. The summed E-state index contributed by atoms with van der Waals surface area (Å²) < 4.78 is 0. The van der Waals surface area contributed by atoms with E-state index in [2.05, 4.69) is 15.6 Å². The molecule has 1 atom stereocenters. The number of nitrogens with one attached hydrogen (secondary N) is 2. The third kappa shape index (κ3) is 4.19. The average molecular weight is 320 g/mol. The van der Waals surface area contributed by atoms with Gasteiger partial charge in [0.1, 0.15) is 11.0 Å². The first-order valence-corrected chi connectivity index (χ1v) is 7.34. The predicted molar refractivity (Wildman–Crippen MR) is 87.1 cm³/mol. The van der Waals surface area contributed by atoms with Gasteiger partial charge in [-0.15, -0.1) is 0 Å². The molecule has 0 aliphatic carbocycles. The molecule has 0 radical (unpaired) electrons. The van der Waals surface area contributed by atoms with Crippen LogP contribution in [0, 0.1) is 0 Å². The van der Waals surface area contributed by atoms with Crippen molar-refractivity contribution in [2.75, 3.05) is 19.0 Å². The van der Waals surface area contributed by atoms with Gasteiger partial charge >= 0.3 is 0 Å². The van der Waals surface area contributed by atoms with E-state index in [0.717, 1.165) is 5.56 Å². The number of carbonyl (C=O) groups is 1. The number of nitrogens with zero attached hydrogens (tertiary/aromatic N) is 1. The van der Waals surface area contributed by atoms with Crippen molar-refractivity contribution < 1.29 is 9.90 Å². The number of amides is 1. The van der Waals surface area contributed by atoms with E-state index in [1.165, 1.54) is 6.07 Å². The summed E-state index contributed by atoms with van der Waals surface area (Å²) >= 11 is 5.92. The zero-order chi connectivity index (χ0) is 15.9. The van der Waals surface area contributed by atoms with Crippen LogP contribution in [0.1, 0.15) is 28.4 Å². The number of anilines is 1.